The molecule has 1 amide bonds. The highest BCUT2D eigenvalue weighted by atomic mass is 16.5. The molecule has 0 fully saturated rings. The molecular formula is C22H25N5O3. The summed E-state index contributed by atoms with van der Waals surface area (Å²) >= 11 is 0. The molecule has 1 aliphatic rings. The van der Waals surface area contributed by atoms with E-state index in [0.29, 0.717) is 19.6 Å². The summed E-state index contributed by atoms with van der Waals surface area (Å²) in [6.07, 6.45) is -0.0000785. The molecule has 2 heterocycles. The van der Waals surface area contributed by atoms with E-state index in [-0.39, 0.29) is 12.3 Å². The molecule has 2 aromatic carbocycles. The predicted octanol–water partition coefficient (Wildman–Crippen LogP) is 2.17. The number of aromatic amines is 1. The number of ether oxygens (including phenoxy) is 1. The lowest BCUT2D eigenvalue weighted by atomic mass is 10.1. The van der Waals surface area contributed by atoms with E-state index in [1.54, 1.807) is 11.9 Å². The van der Waals surface area contributed by atoms with Crippen molar-refractivity contribution in [1.29, 1.82) is 0 Å². The molecule has 0 saturated heterocycles. The number of carbonyl (C=O) groups excluding carboxylic acids is 2. The number of benzene rings is 2. The molecule has 30 heavy (non-hydrogen) atoms. The summed E-state index contributed by atoms with van der Waals surface area (Å²) in [4.78, 5) is 33.8. The maximum absolute atomic E-state index is 12.6. The normalized spacial score (nSPS) is 16.1. The van der Waals surface area contributed by atoms with Crippen LogP contribution in [-0.2, 0) is 34.0 Å². The van der Waals surface area contributed by atoms with E-state index in [1.807, 2.05) is 36.4 Å². The van der Waals surface area contributed by atoms with Crippen LogP contribution in [-0.4, -0.2) is 46.9 Å². The molecule has 1 aliphatic heterocycles. The van der Waals surface area contributed by atoms with Gasteiger partial charge in [-0.1, -0.05) is 24.3 Å². The minimum atomic E-state index is -0.624. The molecule has 8 heteroatoms. The Morgan fingerprint density at radius 3 is 2.90 bits per heavy atom. The van der Waals surface area contributed by atoms with Crippen LogP contribution in [0.25, 0.3) is 11.0 Å². The van der Waals surface area contributed by atoms with Gasteiger partial charge >= 0.3 is 5.97 Å². The minimum absolute atomic E-state index is 0.0000785. The lowest BCUT2D eigenvalue weighted by molar-refractivity contribution is -0.143. The molecule has 0 saturated carbocycles. The van der Waals surface area contributed by atoms with Crippen molar-refractivity contribution in [1.82, 2.24) is 20.2 Å². The Morgan fingerprint density at radius 2 is 2.10 bits per heavy atom. The predicted molar refractivity (Wildman–Crippen MR) is 114 cm³/mol. The summed E-state index contributed by atoms with van der Waals surface area (Å²) in [6, 6.07) is 13.4. The number of aromatic nitrogens is 2. The summed E-state index contributed by atoms with van der Waals surface area (Å²) < 4.78 is 4.72. The number of H-pyrrole nitrogens is 1. The van der Waals surface area contributed by atoms with Crippen LogP contribution >= 0.6 is 0 Å². The average molecular weight is 407 g/mol. The highest BCUT2D eigenvalue weighted by molar-refractivity contribution is 5.90. The van der Waals surface area contributed by atoms with E-state index >= 15 is 0 Å². The number of imidazole rings is 1. The molecular weight excluding hydrogens is 382 g/mol. The number of rotatable bonds is 6. The number of para-hydroxylation sites is 2. The maximum atomic E-state index is 12.6. The summed E-state index contributed by atoms with van der Waals surface area (Å²) in [5.41, 5.74) is 4.97. The molecule has 0 radical (unpaired) electrons. The van der Waals surface area contributed by atoms with Crippen LogP contribution in [0.2, 0.25) is 0 Å². The van der Waals surface area contributed by atoms with Crippen LogP contribution in [0.1, 0.15) is 23.4 Å². The van der Waals surface area contributed by atoms with E-state index in [9.17, 15) is 9.59 Å². The number of likely N-dealkylation sites (N-methyl/N-ethyl adjacent to an activating group) is 1. The second kappa shape index (κ2) is 8.54. The largest absolute Gasteiger partial charge is 0.469 e. The van der Waals surface area contributed by atoms with Crippen LogP contribution in [0.4, 0.5) is 5.69 Å². The van der Waals surface area contributed by atoms with Crippen LogP contribution in [0.3, 0.4) is 0 Å². The summed E-state index contributed by atoms with van der Waals surface area (Å²) in [7, 11) is 3.07. The Balaban J connectivity index is 1.42. The van der Waals surface area contributed by atoms with E-state index in [0.717, 1.165) is 33.7 Å². The lowest BCUT2D eigenvalue weighted by Gasteiger charge is -2.19. The van der Waals surface area contributed by atoms with Crippen molar-refractivity contribution in [3.05, 3.63) is 59.4 Å². The molecule has 3 N–H and O–H groups in total. The highest BCUT2D eigenvalue weighted by Crippen LogP contribution is 2.25. The van der Waals surface area contributed by atoms with E-state index in [1.165, 1.54) is 7.11 Å². The SMILES string of the molecule is COC(=O)CC1Nc2ccc(CNCc3nc4ccccc4[nH]3)cc2CN(C)C1=O. The van der Waals surface area contributed by atoms with Gasteiger partial charge < -0.3 is 25.3 Å². The topological polar surface area (TPSA) is 99.3 Å². The van der Waals surface area contributed by atoms with Crippen LogP contribution in [0, 0.1) is 0 Å². The Kier molecular flexibility index (Phi) is 5.67. The van der Waals surface area contributed by atoms with Gasteiger partial charge in [0.1, 0.15) is 11.9 Å². The second-order valence-corrected chi connectivity index (χ2v) is 7.47. The summed E-state index contributed by atoms with van der Waals surface area (Å²) in [5.74, 6) is 0.355. The number of hydrogen-bond donors (Lipinski definition) is 3. The number of nitrogens with one attached hydrogen (secondary N) is 3. The summed E-state index contributed by atoms with van der Waals surface area (Å²) in [6.45, 7) is 1.79. The third-order valence-corrected chi connectivity index (χ3v) is 5.24. The molecule has 8 nitrogen and oxygen atoms in total. The molecule has 3 aromatic rings. The number of hydrogen-bond acceptors (Lipinski definition) is 6. The van der Waals surface area contributed by atoms with Crippen molar-refractivity contribution < 1.29 is 14.3 Å². The first kappa shape index (κ1) is 19.9. The van der Waals surface area contributed by atoms with E-state index in [2.05, 4.69) is 26.7 Å². The summed E-state index contributed by atoms with van der Waals surface area (Å²) in [5, 5.41) is 6.61. The third kappa shape index (κ3) is 4.28. The van der Waals surface area contributed by atoms with Crippen LogP contribution < -0.4 is 10.6 Å². The monoisotopic (exact) mass is 407 g/mol. The van der Waals surface area contributed by atoms with Gasteiger partial charge in [0.25, 0.3) is 0 Å². The van der Waals surface area contributed by atoms with E-state index in [4.69, 9.17) is 4.74 Å². The van der Waals surface area contributed by atoms with Gasteiger partial charge in [-0.3, -0.25) is 9.59 Å². The van der Waals surface area contributed by atoms with Crippen molar-refractivity contribution in [2.75, 3.05) is 19.5 Å². The number of methoxy groups -OCH3 is 1. The van der Waals surface area contributed by atoms with Gasteiger partial charge in [-0.05, 0) is 29.3 Å². The first-order valence-electron chi connectivity index (χ1n) is 9.88. The van der Waals surface area contributed by atoms with Gasteiger partial charge in [0.05, 0.1) is 31.1 Å². The van der Waals surface area contributed by atoms with Gasteiger partial charge in [0, 0.05) is 25.8 Å². The van der Waals surface area contributed by atoms with Crippen molar-refractivity contribution in [3.8, 4) is 0 Å². The van der Waals surface area contributed by atoms with Gasteiger partial charge in [-0.25, -0.2) is 4.98 Å². The standard InChI is InChI=1S/C22H25N5O3/c1-27-13-15-9-14(7-8-16(15)24-19(22(27)29)10-21(28)30-2)11-23-12-20-25-17-5-3-4-6-18(17)26-20/h3-9,19,23-24H,10-13H2,1-2H3,(H,25,26). The number of esters is 1. The Hall–Kier alpha value is -3.39. The second-order valence-electron chi connectivity index (χ2n) is 7.47. The highest BCUT2D eigenvalue weighted by Gasteiger charge is 2.29. The fourth-order valence-electron chi connectivity index (χ4n) is 3.68. The van der Waals surface area contributed by atoms with Crippen molar-refractivity contribution in [3.63, 3.8) is 0 Å². The third-order valence-electron chi connectivity index (χ3n) is 5.24. The first-order valence-corrected chi connectivity index (χ1v) is 9.88. The Bertz CT molecular complexity index is 1040. The van der Waals surface area contributed by atoms with Gasteiger partial charge in [-0.15, -0.1) is 0 Å². The first-order chi connectivity index (χ1) is 14.5. The fraction of sp³-hybridized carbons (Fsp3) is 0.318. The zero-order chi connectivity index (χ0) is 21.1. The minimum Gasteiger partial charge on any atom is -0.469 e. The van der Waals surface area contributed by atoms with Gasteiger partial charge in [-0.2, -0.15) is 0 Å². The number of nitrogens with zero attached hydrogens (tertiary/aromatic N) is 2. The molecule has 0 bridgehead atoms. The Labute approximate surface area is 174 Å². The van der Waals surface area contributed by atoms with Gasteiger partial charge in [0.2, 0.25) is 5.91 Å². The number of carbonyl (C=O) groups is 2. The quantitative estimate of drug-likeness (QED) is 0.542. The molecule has 0 spiro atoms. The zero-order valence-electron chi connectivity index (χ0n) is 17.1. The number of fused-ring (bicyclic) bond motifs is 2. The molecule has 4 rings (SSSR count). The number of amides is 1. The van der Waals surface area contributed by atoms with E-state index < -0.39 is 12.0 Å². The molecule has 1 atom stereocenters. The smallest absolute Gasteiger partial charge is 0.308 e. The fourth-order valence-corrected chi connectivity index (χ4v) is 3.68. The van der Waals surface area contributed by atoms with Crippen LogP contribution in [0.5, 0.6) is 0 Å². The average Bonchev–Trinajstić information content (AvgIpc) is 3.12. The van der Waals surface area contributed by atoms with Crippen molar-refractivity contribution in [2.24, 2.45) is 0 Å². The number of anilines is 1. The van der Waals surface area contributed by atoms with Crippen molar-refractivity contribution in [2.45, 2.75) is 32.1 Å². The lowest BCUT2D eigenvalue weighted by Crippen LogP contribution is -2.39. The Morgan fingerprint density at radius 1 is 1.27 bits per heavy atom. The van der Waals surface area contributed by atoms with Crippen molar-refractivity contribution >= 4 is 28.6 Å². The zero-order valence-corrected chi connectivity index (χ0v) is 17.1. The molecule has 156 valence electrons. The van der Waals surface area contributed by atoms with Crippen LogP contribution in [0.15, 0.2) is 42.5 Å². The molecule has 1 unspecified atom stereocenters. The van der Waals surface area contributed by atoms with Gasteiger partial charge in [0.15, 0.2) is 0 Å². The maximum Gasteiger partial charge on any atom is 0.308 e. The molecule has 1 aromatic heterocycles. The molecule has 0 aliphatic carbocycles.